The molecule has 0 N–H and O–H groups in total. The number of hydrogen-bond donors (Lipinski definition) is 0. The molecule has 2 aliphatic heterocycles. The van der Waals surface area contributed by atoms with E-state index in [4.69, 9.17) is 9.72 Å². The lowest BCUT2D eigenvalue weighted by molar-refractivity contribution is -0.131. The molecule has 0 bridgehead atoms. The number of benzene rings is 1. The van der Waals surface area contributed by atoms with Crippen LogP contribution in [0.2, 0.25) is 0 Å². The Morgan fingerprint density at radius 2 is 2.00 bits per heavy atom. The minimum atomic E-state index is -0.209. The summed E-state index contributed by atoms with van der Waals surface area (Å²) >= 11 is 1.52. The highest BCUT2D eigenvalue weighted by atomic mass is 32.1. The van der Waals surface area contributed by atoms with E-state index in [0.29, 0.717) is 11.4 Å². The number of rotatable bonds is 4. The van der Waals surface area contributed by atoms with Crippen molar-refractivity contribution >= 4 is 28.8 Å². The molecule has 0 atom stereocenters. The summed E-state index contributed by atoms with van der Waals surface area (Å²) in [5.41, 5.74) is 3.10. The van der Waals surface area contributed by atoms with E-state index in [2.05, 4.69) is 4.98 Å². The molecule has 3 aromatic rings. The van der Waals surface area contributed by atoms with Gasteiger partial charge < -0.3 is 9.64 Å². The zero-order valence-corrected chi connectivity index (χ0v) is 17.1. The van der Waals surface area contributed by atoms with Gasteiger partial charge in [-0.15, -0.1) is 11.3 Å². The molecular weight excluding hydrogens is 400 g/mol. The van der Waals surface area contributed by atoms with Gasteiger partial charge in [-0.2, -0.15) is 0 Å². The molecule has 8 heteroatoms. The van der Waals surface area contributed by atoms with Crippen molar-refractivity contribution in [1.82, 2.24) is 14.9 Å². The smallest absolute Gasteiger partial charge is 0.265 e. The van der Waals surface area contributed by atoms with Crippen LogP contribution in [0, 0.1) is 0 Å². The molecule has 0 aliphatic carbocycles. The second-order valence-corrected chi connectivity index (χ2v) is 8.15. The number of aromatic nitrogens is 2. The van der Waals surface area contributed by atoms with Gasteiger partial charge in [0, 0.05) is 30.2 Å². The van der Waals surface area contributed by atoms with Crippen molar-refractivity contribution in [3.05, 3.63) is 48.0 Å². The van der Waals surface area contributed by atoms with Gasteiger partial charge in [-0.3, -0.25) is 19.5 Å². The zero-order chi connectivity index (χ0) is 20.5. The predicted octanol–water partition coefficient (Wildman–Crippen LogP) is 3.22. The Kier molecular flexibility index (Phi) is 4.92. The van der Waals surface area contributed by atoms with Crippen molar-refractivity contribution in [1.29, 1.82) is 0 Å². The van der Waals surface area contributed by atoms with Crippen LogP contribution in [-0.2, 0) is 9.59 Å². The van der Waals surface area contributed by atoms with Gasteiger partial charge in [-0.25, -0.2) is 4.98 Å². The van der Waals surface area contributed by atoms with E-state index in [-0.39, 0.29) is 25.0 Å². The summed E-state index contributed by atoms with van der Waals surface area (Å²) in [7, 11) is 0. The standard InChI is InChI=1S/C22H20N4O3S/c27-20(25-9-3-4-10-25)12-26-18-11-15(6-7-19(18)29-13-21(26)28)17-14-30-22(24-17)16-5-1-2-8-23-16/h1-2,5-8,11,14H,3-4,9-10,12-13H2. The number of amides is 2. The average Bonchev–Trinajstić information content (AvgIpc) is 3.49. The molecule has 2 aromatic heterocycles. The van der Waals surface area contributed by atoms with Crippen LogP contribution < -0.4 is 9.64 Å². The van der Waals surface area contributed by atoms with Gasteiger partial charge in [-0.05, 0) is 43.2 Å². The molecule has 5 rings (SSSR count). The molecular formula is C22H20N4O3S. The maximum Gasteiger partial charge on any atom is 0.265 e. The quantitative estimate of drug-likeness (QED) is 0.648. The SMILES string of the molecule is O=C(CN1C(=O)COc2ccc(-c3csc(-c4ccccn4)n3)cc21)N1CCCC1. The fourth-order valence-electron chi connectivity index (χ4n) is 3.75. The molecule has 152 valence electrons. The molecule has 2 aliphatic rings. The molecule has 1 saturated heterocycles. The number of thiazole rings is 1. The van der Waals surface area contributed by atoms with Crippen molar-refractivity contribution in [3.63, 3.8) is 0 Å². The fraction of sp³-hybridized carbons (Fsp3) is 0.273. The van der Waals surface area contributed by atoms with E-state index in [0.717, 1.165) is 47.9 Å². The summed E-state index contributed by atoms with van der Waals surface area (Å²) in [5.74, 6) is 0.373. The molecule has 4 heterocycles. The van der Waals surface area contributed by atoms with Crippen LogP contribution >= 0.6 is 11.3 Å². The third-order valence-corrected chi connectivity index (χ3v) is 6.20. The van der Waals surface area contributed by atoms with Gasteiger partial charge in [0.15, 0.2) is 6.61 Å². The average molecular weight is 420 g/mol. The van der Waals surface area contributed by atoms with Crippen LogP contribution in [0.4, 0.5) is 5.69 Å². The van der Waals surface area contributed by atoms with E-state index < -0.39 is 0 Å². The van der Waals surface area contributed by atoms with Gasteiger partial charge in [0.05, 0.1) is 17.1 Å². The van der Waals surface area contributed by atoms with Crippen molar-refractivity contribution in [2.24, 2.45) is 0 Å². The van der Waals surface area contributed by atoms with E-state index in [1.165, 1.54) is 16.2 Å². The van der Waals surface area contributed by atoms with Crippen molar-refractivity contribution < 1.29 is 14.3 Å². The summed E-state index contributed by atoms with van der Waals surface area (Å²) < 4.78 is 5.59. The second-order valence-electron chi connectivity index (χ2n) is 7.29. The number of pyridine rings is 1. The Morgan fingerprint density at radius 1 is 1.13 bits per heavy atom. The predicted molar refractivity (Wildman–Crippen MR) is 114 cm³/mol. The number of hydrogen-bond acceptors (Lipinski definition) is 6. The minimum absolute atomic E-state index is 0.0230. The summed E-state index contributed by atoms with van der Waals surface area (Å²) in [4.78, 5) is 37.6. The summed E-state index contributed by atoms with van der Waals surface area (Å²) in [6.45, 7) is 1.51. The first-order valence-corrected chi connectivity index (χ1v) is 10.8. The Hall–Kier alpha value is -3.26. The largest absolute Gasteiger partial charge is 0.482 e. The fourth-order valence-corrected chi connectivity index (χ4v) is 4.55. The molecule has 1 aromatic carbocycles. The van der Waals surface area contributed by atoms with Crippen molar-refractivity contribution in [3.8, 4) is 27.7 Å². The number of likely N-dealkylation sites (tertiary alicyclic amines) is 1. The van der Waals surface area contributed by atoms with Crippen LogP contribution in [0.1, 0.15) is 12.8 Å². The number of carbonyl (C=O) groups is 2. The summed E-state index contributed by atoms with van der Waals surface area (Å²) in [6.07, 6.45) is 3.78. The van der Waals surface area contributed by atoms with Crippen LogP contribution in [-0.4, -0.2) is 52.9 Å². The Morgan fingerprint density at radius 3 is 2.80 bits per heavy atom. The van der Waals surface area contributed by atoms with Crippen LogP contribution in [0.15, 0.2) is 48.0 Å². The number of carbonyl (C=O) groups excluding carboxylic acids is 2. The first-order chi connectivity index (χ1) is 14.7. The molecule has 30 heavy (non-hydrogen) atoms. The first kappa shape index (κ1) is 18.7. The lowest BCUT2D eigenvalue weighted by Gasteiger charge is -2.30. The lowest BCUT2D eigenvalue weighted by atomic mass is 10.1. The summed E-state index contributed by atoms with van der Waals surface area (Å²) in [5, 5.41) is 2.80. The molecule has 1 fully saturated rings. The number of anilines is 1. The molecule has 2 amide bonds. The Balaban J connectivity index is 1.44. The normalized spacial score (nSPS) is 15.8. The maximum absolute atomic E-state index is 12.7. The highest BCUT2D eigenvalue weighted by molar-refractivity contribution is 7.13. The second kappa shape index (κ2) is 7.87. The molecule has 7 nitrogen and oxygen atoms in total. The Labute approximate surface area is 177 Å². The van der Waals surface area contributed by atoms with E-state index in [1.54, 1.807) is 6.20 Å². The van der Waals surface area contributed by atoms with Crippen LogP contribution in [0.25, 0.3) is 22.0 Å². The number of ether oxygens (including phenoxy) is 1. The van der Waals surface area contributed by atoms with Gasteiger partial charge >= 0.3 is 0 Å². The number of nitrogens with zero attached hydrogens (tertiary/aromatic N) is 4. The van der Waals surface area contributed by atoms with Crippen molar-refractivity contribution in [2.75, 3.05) is 31.1 Å². The highest BCUT2D eigenvalue weighted by Gasteiger charge is 2.30. The zero-order valence-electron chi connectivity index (χ0n) is 16.3. The van der Waals surface area contributed by atoms with Gasteiger partial charge in [0.1, 0.15) is 17.3 Å². The Bertz CT molecular complexity index is 1090. The molecule has 0 spiro atoms. The third-order valence-electron chi connectivity index (χ3n) is 5.34. The van der Waals surface area contributed by atoms with Crippen LogP contribution in [0.3, 0.4) is 0 Å². The van der Waals surface area contributed by atoms with Gasteiger partial charge in [0.25, 0.3) is 5.91 Å². The highest BCUT2D eigenvalue weighted by Crippen LogP contribution is 2.37. The lowest BCUT2D eigenvalue weighted by Crippen LogP contribution is -2.45. The van der Waals surface area contributed by atoms with Crippen molar-refractivity contribution in [2.45, 2.75) is 12.8 Å². The van der Waals surface area contributed by atoms with Gasteiger partial charge in [-0.1, -0.05) is 6.07 Å². The van der Waals surface area contributed by atoms with Crippen LogP contribution in [0.5, 0.6) is 5.75 Å². The number of fused-ring (bicyclic) bond motifs is 1. The molecule has 0 saturated carbocycles. The van der Waals surface area contributed by atoms with Gasteiger partial charge in [0.2, 0.25) is 5.91 Å². The molecule has 0 unspecified atom stereocenters. The molecule has 0 radical (unpaired) electrons. The topological polar surface area (TPSA) is 75.6 Å². The monoisotopic (exact) mass is 420 g/mol. The summed E-state index contributed by atoms with van der Waals surface area (Å²) in [6, 6.07) is 11.4. The minimum Gasteiger partial charge on any atom is -0.482 e. The maximum atomic E-state index is 12.7. The first-order valence-electron chi connectivity index (χ1n) is 9.91. The van der Waals surface area contributed by atoms with E-state index in [1.807, 2.05) is 46.7 Å². The third kappa shape index (κ3) is 3.54. The van der Waals surface area contributed by atoms with E-state index in [9.17, 15) is 9.59 Å². The van der Waals surface area contributed by atoms with E-state index >= 15 is 0 Å².